The molecule has 1 aromatic heterocycles. The van der Waals surface area contributed by atoms with Crippen molar-refractivity contribution in [2.45, 2.75) is 38.5 Å². The van der Waals surface area contributed by atoms with Crippen LogP contribution in [0.5, 0.6) is 0 Å². The van der Waals surface area contributed by atoms with Crippen LogP contribution in [0, 0.1) is 0 Å². The second-order valence-electron chi connectivity index (χ2n) is 4.18. The first-order chi connectivity index (χ1) is 7.74. The van der Waals surface area contributed by atoms with Gasteiger partial charge in [-0.05, 0) is 29.8 Å². The van der Waals surface area contributed by atoms with E-state index in [1.54, 1.807) is 0 Å². The Kier molecular flexibility index (Phi) is 6.50. The number of nitrogens with zero attached hydrogens (tertiary/aromatic N) is 1. The molecule has 0 aliphatic heterocycles. The number of aromatic nitrogens is 1. The molecule has 0 aliphatic carbocycles. The molecule has 90 valence electrons. The quantitative estimate of drug-likeness (QED) is 0.789. The van der Waals surface area contributed by atoms with Crippen LogP contribution in [0.1, 0.15) is 38.8 Å². The van der Waals surface area contributed by atoms with Crippen molar-refractivity contribution in [3.8, 4) is 0 Å². The molecule has 1 N–H and O–H groups in total. The summed E-state index contributed by atoms with van der Waals surface area (Å²) in [7, 11) is 0. The van der Waals surface area contributed by atoms with Crippen molar-refractivity contribution >= 4 is 11.8 Å². The lowest BCUT2D eigenvalue weighted by molar-refractivity contribution is 0.575. The van der Waals surface area contributed by atoms with Crippen molar-refractivity contribution in [2.75, 3.05) is 12.3 Å². The Labute approximate surface area is 103 Å². The number of nitrogens with one attached hydrogen (secondary N) is 1. The Hall–Kier alpha value is -0.540. The molecule has 0 spiro atoms. The molecule has 2 nitrogen and oxygen atoms in total. The van der Waals surface area contributed by atoms with E-state index >= 15 is 0 Å². The number of hydrogen-bond donors (Lipinski definition) is 1. The molecule has 0 amide bonds. The molecule has 3 heteroatoms. The average molecular weight is 238 g/mol. The lowest BCUT2D eigenvalue weighted by Crippen LogP contribution is -2.24. The maximum absolute atomic E-state index is 4.19. The monoisotopic (exact) mass is 238 g/mol. The van der Waals surface area contributed by atoms with E-state index < -0.39 is 0 Å². The van der Waals surface area contributed by atoms with E-state index in [9.17, 15) is 0 Å². The van der Waals surface area contributed by atoms with Crippen LogP contribution in [-0.4, -0.2) is 22.5 Å². The minimum atomic E-state index is 0.432. The fourth-order valence-electron chi connectivity index (χ4n) is 1.46. The molecular formula is C13H22N2S. The Bertz CT molecular complexity index is 275. The van der Waals surface area contributed by atoms with Gasteiger partial charge in [-0.3, -0.25) is 4.98 Å². The van der Waals surface area contributed by atoms with Gasteiger partial charge in [0, 0.05) is 24.2 Å². The summed E-state index contributed by atoms with van der Waals surface area (Å²) in [5.41, 5.74) is 1.30. The highest BCUT2D eigenvalue weighted by molar-refractivity contribution is 7.99. The Balaban J connectivity index is 2.56. The zero-order valence-electron chi connectivity index (χ0n) is 10.4. The van der Waals surface area contributed by atoms with E-state index in [0.717, 1.165) is 12.3 Å². The summed E-state index contributed by atoms with van der Waals surface area (Å²) in [5, 5.41) is 4.26. The van der Waals surface area contributed by atoms with Gasteiger partial charge in [0.2, 0.25) is 0 Å². The largest absolute Gasteiger partial charge is 0.309 e. The number of hydrogen-bond acceptors (Lipinski definition) is 3. The summed E-state index contributed by atoms with van der Waals surface area (Å²) in [6.07, 6.45) is 4.97. The molecule has 0 radical (unpaired) electrons. The van der Waals surface area contributed by atoms with Gasteiger partial charge in [-0.15, -0.1) is 0 Å². The highest BCUT2D eigenvalue weighted by Gasteiger charge is 2.11. The third-order valence-electron chi connectivity index (χ3n) is 2.32. The standard InChI is InChI=1S/C13H22N2S/c1-4-7-15-13(10-16-11(2)3)12-6-5-8-14-9-12/h5-6,8-9,11,13,15H,4,7,10H2,1-3H3. The van der Waals surface area contributed by atoms with E-state index in [1.807, 2.05) is 30.2 Å². The molecule has 0 aliphatic rings. The molecule has 0 saturated heterocycles. The van der Waals surface area contributed by atoms with Gasteiger partial charge in [-0.2, -0.15) is 11.8 Å². The van der Waals surface area contributed by atoms with Crippen LogP contribution in [0.15, 0.2) is 24.5 Å². The number of thioether (sulfide) groups is 1. The minimum Gasteiger partial charge on any atom is -0.309 e. The van der Waals surface area contributed by atoms with E-state index in [2.05, 4.69) is 37.1 Å². The van der Waals surface area contributed by atoms with E-state index in [0.29, 0.717) is 11.3 Å². The molecule has 0 bridgehead atoms. The summed E-state index contributed by atoms with van der Waals surface area (Å²) < 4.78 is 0. The lowest BCUT2D eigenvalue weighted by Gasteiger charge is -2.19. The highest BCUT2D eigenvalue weighted by atomic mass is 32.2. The van der Waals surface area contributed by atoms with Gasteiger partial charge >= 0.3 is 0 Å². The van der Waals surface area contributed by atoms with Crippen molar-refractivity contribution in [1.82, 2.24) is 10.3 Å². The van der Waals surface area contributed by atoms with Gasteiger partial charge in [-0.1, -0.05) is 26.8 Å². The third kappa shape index (κ3) is 4.99. The fraction of sp³-hybridized carbons (Fsp3) is 0.615. The lowest BCUT2D eigenvalue weighted by atomic mass is 10.1. The molecule has 1 rings (SSSR count). The molecule has 0 fully saturated rings. The molecule has 0 aromatic carbocycles. The first kappa shape index (κ1) is 13.5. The summed E-state index contributed by atoms with van der Waals surface area (Å²) in [6.45, 7) is 7.75. The molecule has 1 unspecified atom stereocenters. The van der Waals surface area contributed by atoms with Crippen molar-refractivity contribution in [2.24, 2.45) is 0 Å². The van der Waals surface area contributed by atoms with Crippen molar-refractivity contribution < 1.29 is 0 Å². The van der Waals surface area contributed by atoms with Crippen molar-refractivity contribution in [1.29, 1.82) is 0 Å². The van der Waals surface area contributed by atoms with E-state index in [1.165, 1.54) is 12.0 Å². The molecule has 0 saturated carbocycles. The van der Waals surface area contributed by atoms with Gasteiger partial charge < -0.3 is 5.32 Å². The van der Waals surface area contributed by atoms with Crippen LogP contribution >= 0.6 is 11.8 Å². The summed E-state index contributed by atoms with van der Waals surface area (Å²) >= 11 is 1.99. The van der Waals surface area contributed by atoms with Gasteiger partial charge in [0.15, 0.2) is 0 Å². The Morgan fingerprint density at radius 1 is 1.44 bits per heavy atom. The maximum atomic E-state index is 4.19. The highest BCUT2D eigenvalue weighted by Crippen LogP contribution is 2.20. The third-order valence-corrected chi connectivity index (χ3v) is 3.52. The first-order valence-corrected chi connectivity index (χ1v) is 7.03. The van der Waals surface area contributed by atoms with Crippen LogP contribution in [0.25, 0.3) is 0 Å². The molecular weight excluding hydrogens is 216 g/mol. The Morgan fingerprint density at radius 2 is 2.25 bits per heavy atom. The number of pyridine rings is 1. The van der Waals surface area contributed by atoms with Crippen LogP contribution in [0.3, 0.4) is 0 Å². The zero-order valence-corrected chi connectivity index (χ0v) is 11.3. The minimum absolute atomic E-state index is 0.432. The smallest absolute Gasteiger partial charge is 0.0427 e. The van der Waals surface area contributed by atoms with Gasteiger partial charge in [-0.25, -0.2) is 0 Å². The van der Waals surface area contributed by atoms with Crippen LogP contribution in [-0.2, 0) is 0 Å². The van der Waals surface area contributed by atoms with Gasteiger partial charge in [0.25, 0.3) is 0 Å². The van der Waals surface area contributed by atoms with Crippen LogP contribution in [0.2, 0.25) is 0 Å². The predicted molar refractivity (Wildman–Crippen MR) is 72.9 cm³/mol. The van der Waals surface area contributed by atoms with Gasteiger partial charge in [0.05, 0.1) is 0 Å². The molecule has 1 atom stereocenters. The second kappa shape index (κ2) is 7.69. The molecule has 16 heavy (non-hydrogen) atoms. The van der Waals surface area contributed by atoms with Crippen LogP contribution < -0.4 is 5.32 Å². The second-order valence-corrected chi connectivity index (χ2v) is 5.78. The SMILES string of the molecule is CCCNC(CSC(C)C)c1cccnc1. The van der Waals surface area contributed by atoms with Gasteiger partial charge in [0.1, 0.15) is 0 Å². The van der Waals surface area contributed by atoms with Crippen molar-refractivity contribution in [3.05, 3.63) is 30.1 Å². The first-order valence-electron chi connectivity index (χ1n) is 5.99. The average Bonchev–Trinajstić information content (AvgIpc) is 2.30. The van der Waals surface area contributed by atoms with Crippen LogP contribution in [0.4, 0.5) is 0 Å². The molecule has 1 aromatic rings. The maximum Gasteiger partial charge on any atom is 0.0427 e. The normalized spacial score (nSPS) is 13.0. The topological polar surface area (TPSA) is 24.9 Å². The van der Waals surface area contributed by atoms with Crippen molar-refractivity contribution in [3.63, 3.8) is 0 Å². The Morgan fingerprint density at radius 3 is 2.81 bits per heavy atom. The fourth-order valence-corrected chi connectivity index (χ4v) is 2.35. The summed E-state index contributed by atoms with van der Waals surface area (Å²) in [5.74, 6) is 1.11. The zero-order chi connectivity index (χ0) is 11.8. The van der Waals surface area contributed by atoms with E-state index in [4.69, 9.17) is 0 Å². The summed E-state index contributed by atoms with van der Waals surface area (Å²) in [4.78, 5) is 4.19. The number of rotatable bonds is 7. The summed E-state index contributed by atoms with van der Waals surface area (Å²) in [6, 6.07) is 4.60. The van der Waals surface area contributed by atoms with E-state index in [-0.39, 0.29) is 0 Å². The molecule has 1 heterocycles. The predicted octanol–water partition coefficient (Wildman–Crippen LogP) is 3.26.